The van der Waals surface area contributed by atoms with Crippen LogP contribution in [-0.4, -0.2) is 26.8 Å². The van der Waals surface area contributed by atoms with E-state index in [2.05, 4.69) is 15.5 Å². The lowest BCUT2D eigenvalue weighted by atomic mass is 10.2. The fourth-order valence-corrected chi connectivity index (χ4v) is 2.56. The van der Waals surface area contributed by atoms with Gasteiger partial charge in [0.2, 0.25) is 5.16 Å². The third-order valence-corrected chi connectivity index (χ3v) is 3.57. The molecule has 18 heavy (non-hydrogen) atoms. The van der Waals surface area contributed by atoms with E-state index in [4.69, 9.17) is 17.3 Å². The molecule has 2 rings (SSSR count). The van der Waals surface area contributed by atoms with Gasteiger partial charge in [-0.2, -0.15) is 0 Å². The van der Waals surface area contributed by atoms with Crippen LogP contribution in [0, 0.1) is 5.82 Å². The Hall–Kier alpha value is -1.18. The van der Waals surface area contributed by atoms with Crippen molar-refractivity contribution in [3.63, 3.8) is 0 Å². The van der Waals surface area contributed by atoms with Gasteiger partial charge in [-0.1, -0.05) is 29.4 Å². The van der Waals surface area contributed by atoms with Crippen LogP contribution in [0.4, 0.5) is 4.39 Å². The summed E-state index contributed by atoms with van der Waals surface area (Å²) in [5.74, 6) is 0.228. The zero-order chi connectivity index (χ0) is 13.0. The molecule has 0 atom stereocenters. The van der Waals surface area contributed by atoms with Gasteiger partial charge in [0.15, 0.2) is 0 Å². The van der Waals surface area contributed by atoms with Crippen molar-refractivity contribution < 1.29 is 4.39 Å². The van der Waals surface area contributed by atoms with Gasteiger partial charge in [-0.3, -0.25) is 0 Å². The first-order valence-electron chi connectivity index (χ1n) is 5.23. The van der Waals surface area contributed by atoms with E-state index >= 15 is 0 Å². The lowest BCUT2D eigenvalue weighted by Crippen LogP contribution is -2.12. The highest BCUT2D eigenvalue weighted by atomic mass is 35.5. The molecule has 0 aliphatic heterocycles. The maximum Gasteiger partial charge on any atom is 0.209 e. The molecular weight excluding hydrogens is 277 g/mol. The van der Waals surface area contributed by atoms with Crippen molar-refractivity contribution >= 4 is 23.4 Å². The molecule has 1 heterocycles. The van der Waals surface area contributed by atoms with Crippen LogP contribution < -0.4 is 5.73 Å². The summed E-state index contributed by atoms with van der Waals surface area (Å²) < 4.78 is 14.5. The van der Waals surface area contributed by atoms with Crippen LogP contribution in [0.15, 0.2) is 23.4 Å². The van der Waals surface area contributed by atoms with Crippen molar-refractivity contribution in [2.24, 2.45) is 5.73 Å². The molecule has 0 spiro atoms. The van der Waals surface area contributed by atoms with Crippen molar-refractivity contribution in [1.29, 1.82) is 0 Å². The summed E-state index contributed by atoms with van der Waals surface area (Å²) in [5.41, 5.74) is 6.29. The molecule has 0 amide bonds. The molecule has 0 saturated heterocycles. The van der Waals surface area contributed by atoms with Gasteiger partial charge in [0.1, 0.15) is 5.82 Å². The van der Waals surface area contributed by atoms with Gasteiger partial charge >= 0.3 is 0 Å². The van der Waals surface area contributed by atoms with E-state index in [9.17, 15) is 4.39 Å². The number of benzene rings is 1. The van der Waals surface area contributed by atoms with Crippen LogP contribution in [0.1, 0.15) is 5.56 Å². The summed E-state index contributed by atoms with van der Waals surface area (Å²) >= 11 is 7.37. The molecule has 0 aliphatic rings. The van der Waals surface area contributed by atoms with E-state index in [0.29, 0.717) is 29.0 Å². The van der Waals surface area contributed by atoms with Crippen molar-refractivity contribution in [1.82, 2.24) is 20.2 Å². The molecule has 0 saturated carbocycles. The van der Waals surface area contributed by atoms with Crippen LogP contribution in [0.5, 0.6) is 0 Å². The highest BCUT2D eigenvalue weighted by molar-refractivity contribution is 7.98. The molecule has 8 heteroatoms. The summed E-state index contributed by atoms with van der Waals surface area (Å²) in [6.45, 7) is 1.03. The van der Waals surface area contributed by atoms with Crippen LogP contribution in [0.2, 0.25) is 5.02 Å². The number of tetrazole rings is 1. The fourth-order valence-electron chi connectivity index (χ4n) is 1.34. The number of nitrogens with zero attached hydrogens (tertiary/aromatic N) is 4. The highest BCUT2D eigenvalue weighted by Gasteiger charge is 2.08. The van der Waals surface area contributed by atoms with E-state index in [0.717, 1.165) is 5.56 Å². The maximum atomic E-state index is 12.9. The van der Waals surface area contributed by atoms with E-state index < -0.39 is 0 Å². The van der Waals surface area contributed by atoms with E-state index in [-0.39, 0.29) is 5.82 Å². The average Bonchev–Trinajstić information content (AvgIpc) is 2.76. The van der Waals surface area contributed by atoms with Gasteiger partial charge in [-0.05, 0) is 28.1 Å². The van der Waals surface area contributed by atoms with E-state index in [1.165, 1.54) is 23.9 Å². The normalized spacial score (nSPS) is 10.8. The molecular formula is C10H11ClFN5S. The lowest BCUT2D eigenvalue weighted by Gasteiger charge is -2.04. The predicted molar refractivity (Wildman–Crippen MR) is 67.8 cm³/mol. The molecule has 0 aliphatic carbocycles. The van der Waals surface area contributed by atoms with Crippen LogP contribution in [0.25, 0.3) is 0 Å². The zero-order valence-corrected chi connectivity index (χ0v) is 11.0. The highest BCUT2D eigenvalue weighted by Crippen LogP contribution is 2.25. The second-order valence-corrected chi connectivity index (χ2v) is 4.85. The first-order valence-corrected chi connectivity index (χ1v) is 6.60. The molecule has 0 radical (unpaired) electrons. The van der Waals surface area contributed by atoms with E-state index in [1.807, 2.05) is 0 Å². The predicted octanol–water partition coefficient (Wildman–Crippen LogP) is 1.72. The molecule has 0 bridgehead atoms. The number of aromatic nitrogens is 4. The van der Waals surface area contributed by atoms with Gasteiger partial charge in [-0.25, -0.2) is 9.07 Å². The van der Waals surface area contributed by atoms with Crippen molar-refractivity contribution in [3.05, 3.63) is 34.6 Å². The number of hydrogen-bond acceptors (Lipinski definition) is 5. The molecule has 1 aromatic carbocycles. The first kappa shape index (κ1) is 13.3. The molecule has 5 nitrogen and oxygen atoms in total. The largest absolute Gasteiger partial charge is 0.329 e. The second kappa shape index (κ2) is 6.12. The van der Waals surface area contributed by atoms with Gasteiger partial charge < -0.3 is 5.73 Å². The molecule has 2 N–H and O–H groups in total. The second-order valence-electron chi connectivity index (χ2n) is 3.50. The molecule has 96 valence electrons. The molecule has 0 fully saturated rings. The average molecular weight is 288 g/mol. The summed E-state index contributed by atoms with van der Waals surface area (Å²) in [5, 5.41) is 12.4. The summed E-state index contributed by atoms with van der Waals surface area (Å²) in [4.78, 5) is 0. The third kappa shape index (κ3) is 3.18. The summed E-state index contributed by atoms with van der Waals surface area (Å²) in [6, 6.07) is 4.33. The number of nitrogens with two attached hydrogens (primary N) is 1. The Labute approximate surface area is 112 Å². The van der Waals surface area contributed by atoms with Crippen LogP contribution in [-0.2, 0) is 12.3 Å². The summed E-state index contributed by atoms with van der Waals surface area (Å²) in [6.07, 6.45) is 0. The molecule has 1 aromatic heterocycles. The van der Waals surface area contributed by atoms with Gasteiger partial charge in [0, 0.05) is 17.3 Å². The first-order chi connectivity index (χ1) is 8.70. The Bertz CT molecular complexity index is 533. The van der Waals surface area contributed by atoms with Crippen molar-refractivity contribution in [2.45, 2.75) is 17.5 Å². The minimum absolute atomic E-state index is 0.346. The Balaban J connectivity index is 2.04. The van der Waals surface area contributed by atoms with Crippen molar-refractivity contribution in [2.75, 3.05) is 6.54 Å². The summed E-state index contributed by atoms with van der Waals surface area (Å²) in [7, 11) is 0. The Kier molecular flexibility index (Phi) is 4.51. The van der Waals surface area contributed by atoms with Gasteiger partial charge in [0.25, 0.3) is 0 Å². The van der Waals surface area contributed by atoms with Crippen LogP contribution >= 0.6 is 23.4 Å². The number of hydrogen-bond donors (Lipinski definition) is 1. The topological polar surface area (TPSA) is 69.6 Å². The Morgan fingerprint density at radius 1 is 1.44 bits per heavy atom. The van der Waals surface area contributed by atoms with Gasteiger partial charge in [0.05, 0.1) is 6.54 Å². The monoisotopic (exact) mass is 287 g/mol. The number of thioether (sulfide) groups is 1. The Morgan fingerprint density at radius 3 is 3.00 bits per heavy atom. The lowest BCUT2D eigenvalue weighted by molar-refractivity contribution is 0.557. The smallest absolute Gasteiger partial charge is 0.209 e. The van der Waals surface area contributed by atoms with Crippen LogP contribution in [0.3, 0.4) is 0 Å². The van der Waals surface area contributed by atoms with Crippen molar-refractivity contribution in [3.8, 4) is 0 Å². The van der Waals surface area contributed by atoms with E-state index in [1.54, 1.807) is 10.7 Å². The van der Waals surface area contributed by atoms with Gasteiger partial charge in [-0.15, -0.1) is 5.10 Å². The minimum Gasteiger partial charge on any atom is -0.329 e. The zero-order valence-electron chi connectivity index (χ0n) is 9.38. The number of rotatable bonds is 5. The number of halogens is 2. The quantitative estimate of drug-likeness (QED) is 0.848. The fraction of sp³-hybridized carbons (Fsp3) is 0.300. The molecule has 0 unspecified atom stereocenters. The standard InChI is InChI=1S/C10H11ClFN5S/c11-9-5-8(12)2-1-7(9)6-18-10-14-15-16-17(10)4-3-13/h1-2,5H,3-4,6,13H2. The molecule has 2 aromatic rings. The third-order valence-electron chi connectivity index (χ3n) is 2.21. The Morgan fingerprint density at radius 2 is 2.28 bits per heavy atom. The minimum atomic E-state index is -0.346. The maximum absolute atomic E-state index is 12.9. The SMILES string of the molecule is NCCn1nnnc1SCc1ccc(F)cc1Cl.